The summed E-state index contributed by atoms with van der Waals surface area (Å²) in [6.45, 7) is 9.53. The predicted octanol–water partition coefficient (Wildman–Crippen LogP) is 2.75. The number of thioether (sulfide) groups is 1. The Bertz CT molecular complexity index is 667. The van der Waals surface area contributed by atoms with Crippen molar-refractivity contribution >= 4 is 17.7 Å². The number of ether oxygens (including phenoxy) is 1. The molecule has 0 radical (unpaired) electrons. The second kappa shape index (κ2) is 10.0. The average Bonchev–Trinajstić information content (AvgIpc) is 3.22. The molecule has 0 saturated carbocycles. The predicted molar refractivity (Wildman–Crippen MR) is 97.4 cm³/mol. The summed E-state index contributed by atoms with van der Waals surface area (Å²) in [4.78, 5) is 11.9. The molecule has 7 nitrogen and oxygen atoms in total. The first-order valence-electron chi connectivity index (χ1n) is 8.21. The van der Waals surface area contributed by atoms with E-state index in [1.807, 2.05) is 24.5 Å². The number of hydrogen-bond donors (Lipinski definition) is 1. The van der Waals surface area contributed by atoms with Crippen molar-refractivity contribution in [3.8, 4) is 11.6 Å². The molecule has 0 aliphatic rings. The molecule has 2 aromatic heterocycles. The number of hydrogen-bond acceptors (Lipinski definition) is 6. The third-order valence-electron chi connectivity index (χ3n) is 3.20. The van der Waals surface area contributed by atoms with Gasteiger partial charge in [-0.05, 0) is 32.4 Å². The summed E-state index contributed by atoms with van der Waals surface area (Å²) in [6, 6.07) is 3.62. The summed E-state index contributed by atoms with van der Waals surface area (Å²) < 4.78 is 12.7. The van der Waals surface area contributed by atoms with E-state index in [-0.39, 0.29) is 17.8 Å². The van der Waals surface area contributed by atoms with Crippen molar-refractivity contribution < 1.29 is 13.9 Å². The minimum absolute atomic E-state index is 0.0396. The van der Waals surface area contributed by atoms with Gasteiger partial charge >= 0.3 is 0 Å². The number of amides is 1. The molecule has 25 heavy (non-hydrogen) atoms. The highest BCUT2D eigenvalue weighted by atomic mass is 32.2. The number of aromatic nitrogens is 3. The molecule has 0 bridgehead atoms. The first-order chi connectivity index (χ1) is 12.1. The zero-order chi connectivity index (χ0) is 18.1. The number of nitrogens with zero attached hydrogens (tertiary/aromatic N) is 3. The van der Waals surface area contributed by atoms with Crippen LogP contribution in [0.5, 0.6) is 0 Å². The van der Waals surface area contributed by atoms with Crippen LogP contribution in [0.25, 0.3) is 11.6 Å². The lowest BCUT2D eigenvalue weighted by molar-refractivity contribution is -0.118. The fourth-order valence-corrected chi connectivity index (χ4v) is 2.86. The van der Waals surface area contributed by atoms with Crippen molar-refractivity contribution in [1.29, 1.82) is 0 Å². The maximum absolute atomic E-state index is 11.9. The second-order valence-corrected chi connectivity index (χ2v) is 6.54. The van der Waals surface area contributed by atoms with Crippen LogP contribution in [0.1, 0.15) is 20.3 Å². The minimum atomic E-state index is -0.0396. The molecule has 0 aromatic carbocycles. The molecular formula is C17H24N4O3S. The van der Waals surface area contributed by atoms with Crippen LogP contribution in [0.3, 0.4) is 0 Å². The van der Waals surface area contributed by atoms with Gasteiger partial charge in [-0.1, -0.05) is 17.8 Å². The maximum atomic E-state index is 11.9. The van der Waals surface area contributed by atoms with Crippen LogP contribution < -0.4 is 5.32 Å². The lowest BCUT2D eigenvalue weighted by atomic mass is 10.4. The molecule has 0 aliphatic carbocycles. The summed E-state index contributed by atoms with van der Waals surface area (Å²) in [6.07, 6.45) is 4.36. The molecule has 0 spiro atoms. The molecule has 2 aromatic rings. The van der Waals surface area contributed by atoms with Gasteiger partial charge in [-0.2, -0.15) is 0 Å². The van der Waals surface area contributed by atoms with Crippen molar-refractivity contribution in [3.05, 3.63) is 31.1 Å². The van der Waals surface area contributed by atoms with Crippen molar-refractivity contribution in [2.75, 3.05) is 18.9 Å². The average molecular weight is 364 g/mol. The Hall–Kier alpha value is -2.06. The van der Waals surface area contributed by atoms with Crippen molar-refractivity contribution in [2.45, 2.75) is 38.1 Å². The molecule has 1 amide bonds. The zero-order valence-electron chi connectivity index (χ0n) is 14.6. The molecule has 136 valence electrons. The van der Waals surface area contributed by atoms with Gasteiger partial charge in [0, 0.05) is 19.7 Å². The molecule has 2 heterocycles. The zero-order valence-corrected chi connectivity index (χ0v) is 15.4. The van der Waals surface area contributed by atoms with Gasteiger partial charge in [-0.3, -0.25) is 9.36 Å². The largest absolute Gasteiger partial charge is 0.461 e. The number of allylic oxidation sites excluding steroid dienone is 1. The van der Waals surface area contributed by atoms with Crippen molar-refractivity contribution in [2.24, 2.45) is 0 Å². The molecule has 0 atom stereocenters. The number of nitrogens with one attached hydrogen (secondary N) is 1. The van der Waals surface area contributed by atoms with Crippen LogP contribution in [0.2, 0.25) is 0 Å². The quantitative estimate of drug-likeness (QED) is 0.375. The summed E-state index contributed by atoms with van der Waals surface area (Å²) in [7, 11) is 0. The van der Waals surface area contributed by atoms with Gasteiger partial charge in [-0.25, -0.2) is 0 Å². The number of furan rings is 1. The number of rotatable bonds is 11. The van der Waals surface area contributed by atoms with Gasteiger partial charge in [0.2, 0.25) is 11.7 Å². The Morgan fingerprint density at radius 1 is 1.52 bits per heavy atom. The monoisotopic (exact) mass is 364 g/mol. The van der Waals surface area contributed by atoms with Gasteiger partial charge < -0.3 is 14.5 Å². The maximum Gasteiger partial charge on any atom is 0.230 e. The third-order valence-corrected chi connectivity index (χ3v) is 4.16. The Kier molecular flexibility index (Phi) is 7.75. The molecular weight excluding hydrogens is 340 g/mol. The Morgan fingerprint density at radius 2 is 2.36 bits per heavy atom. The summed E-state index contributed by atoms with van der Waals surface area (Å²) in [5, 5.41) is 11.9. The van der Waals surface area contributed by atoms with Crippen molar-refractivity contribution in [3.63, 3.8) is 0 Å². The highest BCUT2D eigenvalue weighted by molar-refractivity contribution is 7.99. The van der Waals surface area contributed by atoms with Gasteiger partial charge in [0.05, 0.1) is 18.1 Å². The smallest absolute Gasteiger partial charge is 0.230 e. The minimum Gasteiger partial charge on any atom is -0.461 e. The first kappa shape index (κ1) is 19.3. The normalized spacial score (nSPS) is 11.0. The SMILES string of the molecule is C=CCn1c(SCC(=O)NCCCOC(C)C)nnc1-c1ccco1. The molecule has 2 rings (SSSR count). The third kappa shape index (κ3) is 6.06. The van der Waals surface area contributed by atoms with Crippen molar-refractivity contribution in [1.82, 2.24) is 20.1 Å². The Labute approximate surface area is 151 Å². The topological polar surface area (TPSA) is 82.2 Å². The fraction of sp³-hybridized carbons (Fsp3) is 0.471. The molecule has 1 N–H and O–H groups in total. The van der Waals surface area contributed by atoms with E-state index in [4.69, 9.17) is 9.15 Å². The lowest BCUT2D eigenvalue weighted by Crippen LogP contribution is -2.27. The van der Waals surface area contributed by atoms with Crippen LogP contribution >= 0.6 is 11.8 Å². The van der Waals surface area contributed by atoms with E-state index in [9.17, 15) is 4.79 Å². The van der Waals surface area contributed by atoms with E-state index in [1.54, 1.807) is 18.4 Å². The molecule has 0 aliphatic heterocycles. The number of carbonyl (C=O) groups is 1. The van der Waals surface area contributed by atoms with Crippen LogP contribution in [-0.4, -0.2) is 45.7 Å². The first-order valence-corrected chi connectivity index (χ1v) is 9.19. The van der Waals surface area contributed by atoms with Crippen LogP contribution in [0.4, 0.5) is 0 Å². The van der Waals surface area contributed by atoms with E-state index >= 15 is 0 Å². The highest BCUT2D eigenvalue weighted by Gasteiger charge is 2.16. The summed E-state index contributed by atoms with van der Waals surface area (Å²) in [5.74, 6) is 1.50. The van der Waals surface area contributed by atoms with Crippen LogP contribution in [0.15, 0.2) is 40.6 Å². The fourth-order valence-electron chi connectivity index (χ4n) is 2.08. The van der Waals surface area contributed by atoms with Gasteiger partial charge in [0.25, 0.3) is 0 Å². The van der Waals surface area contributed by atoms with E-state index in [0.717, 1.165) is 6.42 Å². The van der Waals surface area contributed by atoms with Crippen LogP contribution in [0, 0.1) is 0 Å². The van der Waals surface area contributed by atoms with E-state index in [0.29, 0.717) is 36.4 Å². The van der Waals surface area contributed by atoms with Crippen LogP contribution in [-0.2, 0) is 16.1 Å². The van der Waals surface area contributed by atoms with E-state index in [2.05, 4.69) is 22.1 Å². The summed E-state index contributed by atoms with van der Waals surface area (Å²) >= 11 is 1.34. The lowest BCUT2D eigenvalue weighted by Gasteiger charge is -2.08. The second-order valence-electron chi connectivity index (χ2n) is 5.59. The number of carbonyl (C=O) groups excluding carboxylic acids is 1. The molecule has 8 heteroatoms. The van der Waals surface area contributed by atoms with E-state index < -0.39 is 0 Å². The Morgan fingerprint density at radius 3 is 3.04 bits per heavy atom. The van der Waals surface area contributed by atoms with E-state index in [1.165, 1.54) is 11.8 Å². The molecule has 0 fully saturated rings. The Balaban J connectivity index is 1.84. The van der Waals surface area contributed by atoms with Gasteiger partial charge in [0.1, 0.15) is 0 Å². The summed E-state index contributed by atoms with van der Waals surface area (Å²) in [5.41, 5.74) is 0. The standard InChI is InChI=1S/C17H24N4O3S/c1-4-9-21-16(14-7-5-10-24-14)19-20-17(21)25-12-15(22)18-8-6-11-23-13(2)3/h4-5,7,10,13H,1,6,8-9,11-12H2,2-3H3,(H,18,22). The molecule has 0 unspecified atom stereocenters. The highest BCUT2D eigenvalue weighted by Crippen LogP contribution is 2.24. The molecule has 0 saturated heterocycles. The van der Waals surface area contributed by atoms with Gasteiger partial charge in [0.15, 0.2) is 10.9 Å². The van der Waals surface area contributed by atoms with Gasteiger partial charge in [-0.15, -0.1) is 16.8 Å².